The van der Waals surface area contributed by atoms with Crippen molar-refractivity contribution in [3.05, 3.63) is 30.1 Å². The topological polar surface area (TPSA) is 18.5 Å². The maximum Gasteiger partial charge on any atom is 0.123 e. The molecule has 1 fully saturated rings. The van der Waals surface area contributed by atoms with Crippen molar-refractivity contribution in [2.45, 2.75) is 19.4 Å². The Hall–Kier alpha value is -1.13. The van der Waals surface area contributed by atoms with Gasteiger partial charge in [-0.2, -0.15) is 0 Å². The Kier molecular flexibility index (Phi) is 5.16. The Bertz CT molecular complexity index is 371. The van der Waals surface area contributed by atoms with E-state index in [0.717, 1.165) is 38.4 Å². The molecule has 1 aromatic carbocycles. The fourth-order valence-corrected chi connectivity index (χ4v) is 2.76. The highest BCUT2D eigenvalue weighted by Gasteiger charge is 2.22. The van der Waals surface area contributed by atoms with Gasteiger partial charge in [0, 0.05) is 44.5 Å². The number of piperazine rings is 1. The quantitative estimate of drug-likeness (QED) is 0.878. The van der Waals surface area contributed by atoms with E-state index < -0.39 is 0 Å². The lowest BCUT2D eigenvalue weighted by Crippen LogP contribution is -2.52. The van der Waals surface area contributed by atoms with E-state index in [1.165, 1.54) is 18.6 Å². The first-order valence-corrected chi connectivity index (χ1v) is 7.13. The fourth-order valence-electron chi connectivity index (χ4n) is 2.76. The second-order valence-electron chi connectivity index (χ2n) is 5.12. The second kappa shape index (κ2) is 6.87. The number of hydrogen-bond donors (Lipinski definition) is 1. The number of hydrogen-bond acceptors (Lipinski definition) is 3. The van der Waals surface area contributed by atoms with Gasteiger partial charge < -0.3 is 10.2 Å². The molecule has 1 atom stereocenters. The van der Waals surface area contributed by atoms with Crippen molar-refractivity contribution in [2.24, 2.45) is 0 Å². The van der Waals surface area contributed by atoms with Crippen LogP contribution in [0.1, 0.15) is 13.3 Å². The van der Waals surface area contributed by atoms with Gasteiger partial charge in [-0.05, 0) is 37.7 Å². The molecule has 0 spiro atoms. The Labute approximate surface area is 115 Å². The summed E-state index contributed by atoms with van der Waals surface area (Å²) in [5.74, 6) is -0.164. The van der Waals surface area contributed by atoms with E-state index in [2.05, 4.69) is 22.0 Å². The normalized spacial score (nSPS) is 18.6. The van der Waals surface area contributed by atoms with E-state index in [0.29, 0.717) is 6.04 Å². The lowest BCUT2D eigenvalue weighted by atomic mass is 10.1. The van der Waals surface area contributed by atoms with E-state index in [4.69, 9.17) is 0 Å². The minimum atomic E-state index is -0.164. The van der Waals surface area contributed by atoms with Gasteiger partial charge in [0.25, 0.3) is 0 Å². The molecule has 0 bridgehead atoms. The summed E-state index contributed by atoms with van der Waals surface area (Å²) >= 11 is 0. The molecule has 1 aliphatic heterocycles. The van der Waals surface area contributed by atoms with Gasteiger partial charge in [-0.1, -0.05) is 6.92 Å². The number of nitrogens with zero attached hydrogens (tertiary/aromatic N) is 2. The van der Waals surface area contributed by atoms with E-state index in [1.54, 1.807) is 0 Å². The van der Waals surface area contributed by atoms with Crippen LogP contribution in [0.15, 0.2) is 24.3 Å². The maximum atomic E-state index is 12.9. The minimum Gasteiger partial charge on any atom is -0.369 e. The number of nitrogens with one attached hydrogen (secondary N) is 1. The van der Waals surface area contributed by atoms with Crippen LogP contribution in [0.3, 0.4) is 0 Å². The summed E-state index contributed by atoms with van der Waals surface area (Å²) < 4.78 is 12.9. The number of rotatable bonds is 5. The average molecular weight is 265 g/mol. The van der Waals surface area contributed by atoms with Crippen molar-refractivity contribution in [1.29, 1.82) is 0 Å². The molecular weight excluding hydrogens is 241 g/mol. The van der Waals surface area contributed by atoms with Crippen LogP contribution in [-0.4, -0.2) is 50.7 Å². The molecule has 1 saturated heterocycles. The Morgan fingerprint density at radius 1 is 1.16 bits per heavy atom. The Balaban J connectivity index is 1.89. The molecule has 2 rings (SSSR count). The van der Waals surface area contributed by atoms with Crippen LogP contribution in [0, 0.1) is 5.82 Å². The van der Waals surface area contributed by atoms with E-state index in [1.807, 2.05) is 19.2 Å². The summed E-state index contributed by atoms with van der Waals surface area (Å²) in [5.41, 5.74) is 1.13. The molecule has 19 heavy (non-hydrogen) atoms. The fraction of sp³-hybridized carbons (Fsp3) is 0.600. The van der Waals surface area contributed by atoms with Crippen molar-refractivity contribution in [3.8, 4) is 0 Å². The number of anilines is 1. The summed E-state index contributed by atoms with van der Waals surface area (Å²) in [6, 6.07) is 7.45. The predicted molar refractivity (Wildman–Crippen MR) is 78.2 cm³/mol. The molecule has 1 unspecified atom stereocenters. The van der Waals surface area contributed by atoms with Crippen LogP contribution in [0.2, 0.25) is 0 Å². The van der Waals surface area contributed by atoms with Crippen molar-refractivity contribution < 1.29 is 4.39 Å². The molecule has 0 radical (unpaired) electrons. The Morgan fingerprint density at radius 3 is 2.32 bits per heavy atom. The molecule has 3 nitrogen and oxygen atoms in total. The van der Waals surface area contributed by atoms with Crippen LogP contribution in [0.4, 0.5) is 10.1 Å². The SMILES string of the molecule is CCC(CNC)N1CCN(c2ccc(F)cc2)CC1. The van der Waals surface area contributed by atoms with Gasteiger partial charge in [0.1, 0.15) is 5.82 Å². The largest absolute Gasteiger partial charge is 0.369 e. The van der Waals surface area contributed by atoms with Crippen molar-refractivity contribution in [1.82, 2.24) is 10.2 Å². The van der Waals surface area contributed by atoms with Gasteiger partial charge in [0.05, 0.1) is 0 Å². The van der Waals surface area contributed by atoms with E-state index in [-0.39, 0.29) is 5.82 Å². The van der Waals surface area contributed by atoms with Crippen molar-refractivity contribution in [2.75, 3.05) is 44.7 Å². The first-order chi connectivity index (χ1) is 9.24. The summed E-state index contributed by atoms with van der Waals surface area (Å²) in [7, 11) is 2.01. The molecule has 1 heterocycles. The summed E-state index contributed by atoms with van der Waals surface area (Å²) in [5, 5.41) is 3.27. The number of benzene rings is 1. The lowest BCUT2D eigenvalue weighted by molar-refractivity contribution is 0.178. The average Bonchev–Trinajstić information content (AvgIpc) is 2.46. The van der Waals surface area contributed by atoms with Crippen molar-refractivity contribution in [3.63, 3.8) is 0 Å². The Morgan fingerprint density at radius 2 is 1.79 bits per heavy atom. The second-order valence-corrected chi connectivity index (χ2v) is 5.12. The standard InChI is InChI=1S/C15H24FN3/c1-3-14(12-17-2)18-8-10-19(11-9-18)15-6-4-13(16)5-7-15/h4-7,14,17H,3,8-12H2,1-2H3. The van der Waals surface area contributed by atoms with Crippen molar-refractivity contribution >= 4 is 5.69 Å². The van der Waals surface area contributed by atoms with Crippen LogP contribution in [0.5, 0.6) is 0 Å². The van der Waals surface area contributed by atoms with Crippen LogP contribution in [-0.2, 0) is 0 Å². The maximum absolute atomic E-state index is 12.9. The third-order valence-corrected chi connectivity index (χ3v) is 3.93. The third-order valence-electron chi connectivity index (χ3n) is 3.93. The molecular formula is C15H24FN3. The zero-order valence-electron chi connectivity index (χ0n) is 11.9. The smallest absolute Gasteiger partial charge is 0.123 e. The molecule has 1 N–H and O–H groups in total. The van der Waals surface area contributed by atoms with Gasteiger partial charge in [0.2, 0.25) is 0 Å². The van der Waals surface area contributed by atoms with E-state index >= 15 is 0 Å². The molecule has 1 aromatic rings. The monoisotopic (exact) mass is 265 g/mol. The lowest BCUT2D eigenvalue weighted by Gasteiger charge is -2.40. The van der Waals surface area contributed by atoms with Gasteiger partial charge in [-0.25, -0.2) is 4.39 Å². The highest BCUT2D eigenvalue weighted by molar-refractivity contribution is 5.46. The van der Waals surface area contributed by atoms with Gasteiger partial charge >= 0.3 is 0 Å². The molecule has 4 heteroatoms. The molecule has 0 saturated carbocycles. The van der Waals surface area contributed by atoms with E-state index in [9.17, 15) is 4.39 Å². The van der Waals surface area contributed by atoms with Crippen LogP contribution >= 0.6 is 0 Å². The number of likely N-dealkylation sites (N-methyl/N-ethyl adjacent to an activating group) is 1. The zero-order chi connectivity index (χ0) is 13.7. The molecule has 106 valence electrons. The van der Waals surface area contributed by atoms with Gasteiger partial charge in [-0.3, -0.25) is 4.90 Å². The van der Waals surface area contributed by atoms with Crippen LogP contribution < -0.4 is 10.2 Å². The molecule has 1 aliphatic rings. The molecule has 0 aromatic heterocycles. The molecule has 0 amide bonds. The highest BCUT2D eigenvalue weighted by atomic mass is 19.1. The molecule has 0 aliphatic carbocycles. The van der Waals surface area contributed by atoms with Gasteiger partial charge in [-0.15, -0.1) is 0 Å². The highest BCUT2D eigenvalue weighted by Crippen LogP contribution is 2.18. The first kappa shape index (κ1) is 14.3. The van der Waals surface area contributed by atoms with Crippen LogP contribution in [0.25, 0.3) is 0 Å². The summed E-state index contributed by atoms with van der Waals surface area (Å²) in [6.07, 6.45) is 1.18. The minimum absolute atomic E-state index is 0.164. The summed E-state index contributed by atoms with van der Waals surface area (Å²) in [4.78, 5) is 4.89. The third kappa shape index (κ3) is 3.67. The number of halogens is 1. The summed E-state index contributed by atoms with van der Waals surface area (Å²) in [6.45, 7) is 7.49. The predicted octanol–water partition coefficient (Wildman–Crippen LogP) is 1.95. The zero-order valence-corrected chi connectivity index (χ0v) is 11.9. The van der Waals surface area contributed by atoms with Gasteiger partial charge in [0.15, 0.2) is 0 Å². The first-order valence-electron chi connectivity index (χ1n) is 7.13.